The minimum atomic E-state index is -4.48. The number of likely N-dealkylation sites (tertiary alicyclic amines) is 1. The van der Waals surface area contributed by atoms with Crippen LogP contribution in [-0.2, 0) is 6.18 Å². The third kappa shape index (κ3) is 3.65. The van der Waals surface area contributed by atoms with E-state index in [0.29, 0.717) is 25.9 Å². The van der Waals surface area contributed by atoms with E-state index >= 15 is 0 Å². The van der Waals surface area contributed by atoms with Crippen molar-refractivity contribution < 1.29 is 27.9 Å². The number of carbonyl (C=O) groups excluding carboxylic acids is 1. The molecule has 0 bridgehead atoms. The van der Waals surface area contributed by atoms with Crippen molar-refractivity contribution in [1.29, 1.82) is 0 Å². The molecule has 138 valence electrons. The zero-order valence-corrected chi connectivity index (χ0v) is 13.3. The first-order chi connectivity index (χ1) is 12.3. The SMILES string of the molecule is O=C(O)c1cnc(C(=O)N2CCC(n3ccc(C(F)(F)F)n3)CC2)cn1. The molecule has 1 amide bonds. The lowest BCUT2D eigenvalue weighted by atomic mass is 10.1. The first-order valence-electron chi connectivity index (χ1n) is 7.72. The van der Waals surface area contributed by atoms with Crippen LogP contribution in [0.4, 0.5) is 13.2 Å². The van der Waals surface area contributed by atoms with Crippen molar-refractivity contribution in [2.24, 2.45) is 0 Å². The highest BCUT2D eigenvalue weighted by molar-refractivity contribution is 5.92. The fourth-order valence-electron chi connectivity index (χ4n) is 2.74. The van der Waals surface area contributed by atoms with Crippen LogP contribution in [-0.4, -0.2) is 54.7 Å². The Kier molecular flexibility index (Phi) is 4.62. The smallest absolute Gasteiger partial charge is 0.435 e. The second-order valence-electron chi connectivity index (χ2n) is 5.79. The Morgan fingerprint density at radius 3 is 2.23 bits per heavy atom. The number of carbonyl (C=O) groups is 2. The lowest BCUT2D eigenvalue weighted by Crippen LogP contribution is -2.39. The van der Waals surface area contributed by atoms with E-state index in [1.54, 1.807) is 0 Å². The summed E-state index contributed by atoms with van der Waals surface area (Å²) in [4.78, 5) is 32.1. The molecular weight excluding hydrogens is 355 g/mol. The van der Waals surface area contributed by atoms with Crippen molar-refractivity contribution in [2.75, 3.05) is 13.1 Å². The molecule has 0 saturated carbocycles. The van der Waals surface area contributed by atoms with Gasteiger partial charge in [0.25, 0.3) is 5.91 Å². The predicted molar refractivity (Wildman–Crippen MR) is 80.4 cm³/mol. The van der Waals surface area contributed by atoms with Gasteiger partial charge in [0, 0.05) is 19.3 Å². The van der Waals surface area contributed by atoms with E-state index in [1.165, 1.54) is 15.8 Å². The van der Waals surface area contributed by atoms with Gasteiger partial charge in [-0.1, -0.05) is 0 Å². The van der Waals surface area contributed by atoms with Gasteiger partial charge in [-0.15, -0.1) is 0 Å². The molecule has 2 aromatic rings. The molecule has 1 fully saturated rings. The number of amides is 1. The van der Waals surface area contributed by atoms with Crippen LogP contribution in [0.1, 0.15) is 45.6 Å². The molecule has 1 aliphatic rings. The van der Waals surface area contributed by atoms with E-state index in [9.17, 15) is 22.8 Å². The third-order valence-electron chi connectivity index (χ3n) is 4.11. The number of hydrogen-bond acceptors (Lipinski definition) is 5. The van der Waals surface area contributed by atoms with Gasteiger partial charge in [-0.05, 0) is 18.9 Å². The van der Waals surface area contributed by atoms with Gasteiger partial charge < -0.3 is 10.0 Å². The number of carboxylic acid groups (broad SMARTS) is 1. The van der Waals surface area contributed by atoms with Gasteiger partial charge in [-0.2, -0.15) is 18.3 Å². The van der Waals surface area contributed by atoms with E-state index in [1.807, 2.05) is 0 Å². The van der Waals surface area contributed by atoms with Crippen molar-refractivity contribution in [1.82, 2.24) is 24.6 Å². The summed E-state index contributed by atoms with van der Waals surface area (Å²) >= 11 is 0. The normalized spacial score (nSPS) is 15.9. The Hall–Kier alpha value is -2.98. The maximum atomic E-state index is 12.6. The molecular formula is C15H14F3N5O3. The average Bonchev–Trinajstić information content (AvgIpc) is 3.12. The van der Waals surface area contributed by atoms with Crippen LogP contribution in [0.15, 0.2) is 24.7 Å². The summed E-state index contributed by atoms with van der Waals surface area (Å²) in [6.07, 6.45) is -0.188. The highest BCUT2D eigenvalue weighted by Crippen LogP contribution is 2.29. The monoisotopic (exact) mass is 369 g/mol. The molecule has 11 heteroatoms. The van der Waals surface area contributed by atoms with E-state index in [-0.39, 0.29) is 17.4 Å². The first-order valence-corrected chi connectivity index (χ1v) is 7.72. The summed E-state index contributed by atoms with van der Waals surface area (Å²) in [7, 11) is 0. The Morgan fingerprint density at radius 1 is 1.12 bits per heavy atom. The van der Waals surface area contributed by atoms with Crippen LogP contribution >= 0.6 is 0 Å². The summed E-state index contributed by atoms with van der Waals surface area (Å²) in [5.41, 5.74) is -1.18. The number of nitrogens with zero attached hydrogens (tertiary/aromatic N) is 5. The van der Waals surface area contributed by atoms with Gasteiger partial charge >= 0.3 is 12.1 Å². The first kappa shape index (κ1) is 17.8. The van der Waals surface area contributed by atoms with Gasteiger partial charge in [0.2, 0.25) is 0 Å². The lowest BCUT2D eigenvalue weighted by Gasteiger charge is -2.31. The summed E-state index contributed by atoms with van der Waals surface area (Å²) in [5.74, 6) is -1.64. The molecule has 2 aromatic heterocycles. The van der Waals surface area contributed by atoms with Crippen molar-refractivity contribution in [3.05, 3.63) is 41.7 Å². The Morgan fingerprint density at radius 2 is 1.73 bits per heavy atom. The van der Waals surface area contributed by atoms with Crippen LogP contribution < -0.4 is 0 Å². The molecule has 8 nitrogen and oxygen atoms in total. The molecule has 1 aliphatic heterocycles. The van der Waals surface area contributed by atoms with Gasteiger partial charge in [-0.25, -0.2) is 14.8 Å². The summed E-state index contributed by atoms with van der Waals surface area (Å²) in [6, 6.07) is 0.701. The zero-order valence-electron chi connectivity index (χ0n) is 13.3. The van der Waals surface area contributed by atoms with Crippen LogP contribution in [0, 0.1) is 0 Å². The molecule has 0 atom stereocenters. The lowest BCUT2D eigenvalue weighted by molar-refractivity contribution is -0.141. The molecule has 0 unspecified atom stereocenters. The number of halogens is 3. The summed E-state index contributed by atoms with van der Waals surface area (Å²) in [6.45, 7) is 0.653. The number of aromatic carboxylic acids is 1. The van der Waals surface area contributed by atoms with Gasteiger partial charge in [0.05, 0.1) is 18.4 Å². The maximum absolute atomic E-state index is 12.6. The quantitative estimate of drug-likeness (QED) is 0.886. The average molecular weight is 369 g/mol. The molecule has 3 heterocycles. The van der Waals surface area contributed by atoms with Crippen LogP contribution in [0.2, 0.25) is 0 Å². The summed E-state index contributed by atoms with van der Waals surface area (Å²) in [5, 5.41) is 12.3. The van der Waals surface area contributed by atoms with Gasteiger partial charge in [0.1, 0.15) is 5.69 Å². The molecule has 0 aliphatic carbocycles. The third-order valence-corrected chi connectivity index (χ3v) is 4.11. The predicted octanol–water partition coefficient (Wildman–Crippen LogP) is 1.87. The Bertz CT molecular complexity index is 811. The minimum absolute atomic E-state index is 0.0203. The minimum Gasteiger partial charge on any atom is -0.476 e. The number of aromatic nitrogens is 4. The van der Waals surface area contributed by atoms with Crippen molar-refractivity contribution in [3.8, 4) is 0 Å². The molecule has 1 N–H and O–H groups in total. The second-order valence-corrected chi connectivity index (χ2v) is 5.79. The standard InChI is InChI=1S/C15H14F3N5O3/c16-15(17,18)12-3-6-23(21-12)9-1-4-22(5-2-9)13(24)10-7-20-11(8-19-10)14(25)26/h3,6-9H,1-2,4-5H2,(H,25,26). The summed E-state index contributed by atoms with van der Waals surface area (Å²) < 4.78 is 39.2. The molecule has 0 aromatic carbocycles. The highest BCUT2D eigenvalue weighted by atomic mass is 19.4. The van der Waals surface area contributed by atoms with Crippen molar-refractivity contribution >= 4 is 11.9 Å². The van der Waals surface area contributed by atoms with Crippen LogP contribution in [0.5, 0.6) is 0 Å². The number of piperidine rings is 1. The Balaban J connectivity index is 1.62. The topological polar surface area (TPSA) is 101 Å². The van der Waals surface area contributed by atoms with Gasteiger partial charge in [-0.3, -0.25) is 9.48 Å². The number of alkyl halides is 3. The number of rotatable bonds is 3. The number of hydrogen-bond donors (Lipinski definition) is 1. The molecule has 1 saturated heterocycles. The highest BCUT2D eigenvalue weighted by Gasteiger charge is 2.34. The molecule has 0 radical (unpaired) electrons. The second kappa shape index (κ2) is 6.73. The molecule has 3 rings (SSSR count). The van der Waals surface area contributed by atoms with E-state index < -0.39 is 23.7 Å². The maximum Gasteiger partial charge on any atom is 0.435 e. The van der Waals surface area contributed by atoms with Crippen molar-refractivity contribution in [3.63, 3.8) is 0 Å². The van der Waals surface area contributed by atoms with E-state index in [0.717, 1.165) is 18.5 Å². The number of carboxylic acids is 1. The van der Waals surface area contributed by atoms with E-state index in [4.69, 9.17) is 5.11 Å². The zero-order chi connectivity index (χ0) is 18.9. The molecule has 0 spiro atoms. The fraction of sp³-hybridized carbons (Fsp3) is 0.400. The van der Waals surface area contributed by atoms with E-state index in [2.05, 4.69) is 15.1 Å². The fourth-order valence-corrected chi connectivity index (χ4v) is 2.74. The van der Waals surface area contributed by atoms with Crippen LogP contribution in [0.25, 0.3) is 0 Å². The Labute approximate surface area is 145 Å². The molecule has 26 heavy (non-hydrogen) atoms. The largest absolute Gasteiger partial charge is 0.476 e. The van der Waals surface area contributed by atoms with Gasteiger partial charge in [0.15, 0.2) is 11.4 Å². The van der Waals surface area contributed by atoms with Crippen LogP contribution in [0.3, 0.4) is 0 Å². The van der Waals surface area contributed by atoms with Crippen molar-refractivity contribution in [2.45, 2.75) is 25.1 Å².